The predicted octanol–water partition coefficient (Wildman–Crippen LogP) is 2.69. The van der Waals surface area contributed by atoms with E-state index >= 15 is 0 Å². The van der Waals surface area contributed by atoms with Crippen molar-refractivity contribution in [3.63, 3.8) is 0 Å². The van der Waals surface area contributed by atoms with Crippen LogP contribution in [-0.4, -0.2) is 22.3 Å². The largest absolute Gasteiger partial charge is 0.335 e. The number of amides is 1. The highest BCUT2D eigenvalue weighted by molar-refractivity contribution is 5.79. The van der Waals surface area contributed by atoms with E-state index in [0.717, 1.165) is 5.56 Å². The zero-order chi connectivity index (χ0) is 14.0. The third kappa shape index (κ3) is 2.65. The fraction of sp³-hybridized carbons (Fsp3) is 0.357. The first-order chi connectivity index (χ1) is 9.02. The Balaban J connectivity index is 2.15. The lowest BCUT2D eigenvalue weighted by molar-refractivity contribution is -0.384. The number of benzene rings is 1. The summed E-state index contributed by atoms with van der Waals surface area (Å²) in [6.07, 6.45) is 2.31. The molecule has 1 amide bonds. The molecule has 0 aliphatic carbocycles. The Labute approximate surface area is 111 Å². The van der Waals surface area contributed by atoms with Crippen LogP contribution in [0.4, 0.5) is 5.69 Å². The van der Waals surface area contributed by atoms with Crippen molar-refractivity contribution in [2.75, 3.05) is 6.54 Å². The van der Waals surface area contributed by atoms with Crippen molar-refractivity contribution in [2.45, 2.75) is 19.4 Å². The summed E-state index contributed by atoms with van der Waals surface area (Å²) in [5.41, 5.74) is 0.969. The van der Waals surface area contributed by atoms with Crippen molar-refractivity contribution in [3.05, 3.63) is 52.6 Å². The molecule has 2 rings (SSSR count). The maximum Gasteiger partial charge on any atom is 0.269 e. The minimum atomic E-state index is -0.427. The maximum atomic E-state index is 11.9. The quantitative estimate of drug-likeness (QED) is 0.475. The SMILES string of the molecule is C=CC1CC(=O)N([C@@H](C)c2ccc([N+](=O)[O-])cc2)C1. The van der Waals surface area contributed by atoms with Crippen LogP contribution in [-0.2, 0) is 4.79 Å². The fourth-order valence-electron chi connectivity index (χ4n) is 2.35. The second-order valence-electron chi connectivity index (χ2n) is 4.77. The van der Waals surface area contributed by atoms with Crippen LogP contribution in [0.15, 0.2) is 36.9 Å². The molecule has 1 aromatic carbocycles. The highest BCUT2D eigenvalue weighted by atomic mass is 16.6. The number of nitro benzene ring substituents is 1. The first-order valence-corrected chi connectivity index (χ1v) is 6.19. The Kier molecular flexibility index (Phi) is 3.64. The van der Waals surface area contributed by atoms with Crippen molar-refractivity contribution in [2.24, 2.45) is 5.92 Å². The van der Waals surface area contributed by atoms with E-state index < -0.39 is 4.92 Å². The van der Waals surface area contributed by atoms with Gasteiger partial charge in [0.2, 0.25) is 5.91 Å². The summed E-state index contributed by atoms with van der Waals surface area (Å²) >= 11 is 0. The van der Waals surface area contributed by atoms with Crippen LogP contribution >= 0.6 is 0 Å². The molecular formula is C14H16N2O3. The average molecular weight is 260 g/mol. The molecule has 1 aliphatic heterocycles. The van der Waals surface area contributed by atoms with Gasteiger partial charge in [0.05, 0.1) is 11.0 Å². The third-order valence-electron chi connectivity index (χ3n) is 3.58. The molecule has 5 nitrogen and oxygen atoms in total. The van der Waals surface area contributed by atoms with Crippen LogP contribution in [0.1, 0.15) is 24.9 Å². The minimum absolute atomic E-state index is 0.0627. The molecule has 2 atom stereocenters. The van der Waals surface area contributed by atoms with E-state index in [1.807, 2.05) is 6.92 Å². The van der Waals surface area contributed by atoms with Crippen LogP contribution in [0, 0.1) is 16.0 Å². The number of nitro groups is 1. The molecule has 0 saturated carbocycles. The lowest BCUT2D eigenvalue weighted by Crippen LogP contribution is -2.28. The van der Waals surface area contributed by atoms with Gasteiger partial charge in [-0.1, -0.05) is 18.2 Å². The molecule has 0 aromatic heterocycles. The van der Waals surface area contributed by atoms with Crippen LogP contribution < -0.4 is 0 Å². The monoisotopic (exact) mass is 260 g/mol. The molecule has 0 bridgehead atoms. The maximum absolute atomic E-state index is 11.9. The van der Waals surface area contributed by atoms with E-state index in [2.05, 4.69) is 6.58 Å². The van der Waals surface area contributed by atoms with Crippen molar-refractivity contribution in [1.29, 1.82) is 0 Å². The third-order valence-corrected chi connectivity index (χ3v) is 3.58. The average Bonchev–Trinajstić information content (AvgIpc) is 2.79. The summed E-state index contributed by atoms with van der Waals surface area (Å²) in [7, 11) is 0. The molecule has 19 heavy (non-hydrogen) atoms. The molecule has 0 N–H and O–H groups in total. The highest BCUT2D eigenvalue weighted by Gasteiger charge is 2.31. The van der Waals surface area contributed by atoms with Crippen molar-refractivity contribution < 1.29 is 9.72 Å². The number of non-ortho nitro benzene ring substituents is 1. The topological polar surface area (TPSA) is 63.5 Å². The lowest BCUT2D eigenvalue weighted by atomic mass is 10.1. The Hall–Kier alpha value is -2.17. The number of rotatable bonds is 4. The van der Waals surface area contributed by atoms with E-state index in [9.17, 15) is 14.9 Å². The summed E-state index contributed by atoms with van der Waals surface area (Å²) in [6, 6.07) is 6.28. The summed E-state index contributed by atoms with van der Waals surface area (Å²) in [5, 5.41) is 10.6. The smallest absolute Gasteiger partial charge is 0.269 e. The highest BCUT2D eigenvalue weighted by Crippen LogP contribution is 2.29. The van der Waals surface area contributed by atoms with Gasteiger partial charge in [0, 0.05) is 31.0 Å². The number of likely N-dealkylation sites (tertiary alicyclic amines) is 1. The van der Waals surface area contributed by atoms with E-state index in [1.54, 1.807) is 23.1 Å². The Morgan fingerprint density at radius 2 is 2.11 bits per heavy atom. The predicted molar refractivity (Wildman–Crippen MR) is 71.5 cm³/mol. The van der Waals surface area contributed by atoms with Gasteiger partial charge < -0.3 is 4.90 Å². The van der Waals surface area contributed by atoms with Gasteiger partial charge in [0.1, 0.15) is 0 Å². The molecule has 1 heterocycles. The molecule has 0 spiro atoms. The fourth-order valence-corrected chi connectivity index (χ4v) is 2.35. The van der Waals surface area contributed by atoms with Crippen LogP contribution in [0.2, 0.25) is 0 Å². The molecule has 5 heteroatoms. The zero-order valence-electron chi connectivity index (χ0n) is 10.8. The second-order valence-corrected chi connectivity index (χ2v) is 4.77. The molecule has 1 saturated heterocycles. The van der Waals surface area contributed by atoms with Gasteiger partial charge in [0.25, 0.3) is 5.69 Å². The minimum Gasteiger partial charge on any atom is -0.335 e. The van der Waals surface area contributed by atoms with Gasteiger partial charge in [-0.25, -0.2) is 0 Å². The van der Waals surface area contributed by atoms with Crippen molar-refractivity contribution in [1.82, 2.24) is 4.90 Å². The van der Waals surface area contributed by atoms with Crippen molar-refractivity contribution >= 4 is 11.6 Å². The standard InChI is InChI=1S/C14H16N2O3/c1-3-11-8-14(17)15(9-11)10(2)12-4-6-13(7-5-12)16(18)19/h3-7,10-11H,1,8-9H2,2H3/t10-,11?/m0/s1. The number of carbonyl (C=O) groups is 1. The lowest BCUT2D eigenvalue weighted by Gasteiger charge is -2.24. The summed E-state index contributed by atoms with van der Waals surface area (Å²) in [4.78, 5) is 23.9. The van der Waals surface area contributed by atoms with Gasteiger partial charge in [-0.15, -0.1) is 6.58 Å². The van der Waals surface area contributed by atoms with E-state index in [4.69, 9.17) is 0 Å². The van der Waals surface area contributed by atoms with E-state index in [1.165, 1.54) is 12.1 Å². The van der Waals surface area contributed by atoms with Gasteiger partial charge in [-0.2, -0.15) is 0 Å². The first-order valence-electron chi connectivity index (χ1n) is 6.19. The Bertz CT molecular complexity index is 510. The molecule has 1 aliphatic rings. The second kappa shape index (κ2) is 5.22. The van der Waals surface area contributed by atoms with E-state index in [-0.39, 0.29) is 23.6 Å². The van der Waals surface area contributed by atoms with Crippen LogP contribution in [0.25, 0.3) is 0 Å². The van der Waals surface area contributed by atoms with Gasteiger partial charge in [0.15, 0.2) is 0 Å². The number of nitrogens with zero attached hydrogens (tertiary/aromatic N) is 2. The molecular weight excluding hydrogens is 244 g/mol. The molecule has 1 unspecified atom stereocenters. The van der Waals surface area contributed by atoms with Crippen molar-refractivity contribution in [3.8, 4) is 0 Å². The summed E-state index contributed by atoms with van der Waals surface area (Å²) in [6.45, 7) is 6.32. The number of hydrogen-bond donors (Lipinski definition) is 0. The Morgan fingerprint density at radius 1 is 1.47 bits per heavy atom. The Morgan fingerprint density at radius 3 is 2.58 bits per heavy atom. The van der Waals surface area contributed by atoms with Crippen LogP contribution in [0.5, 0.6) is 0 Å². The summed E-state index contributed by atoms with van der Waals surface area (Å²) < 4.78 is 0. The van der Waals surface area contributed by atoms with Gasteiger partial charge in [-0.05, 0) is 12.5 Å². The van der Waals surface area contributed by atoms with Crippen LogP contribution in [0.3, 0.4) is 0 Å². The first kappa shape index (κ1) is 13.3. The number of carbonyl (C=O) groups excluding carboxylic acids is 1. The summed E-state index contributed by atoms with van der Waals surface area (Å²) in [5.74, 6) is 0.309. The molecule has 100 valence electrons. The van der Waals surface area contributed by atoms with Gasteiger partial charge in [-0.3, -0.25) is 14.9 Å². The van der Waals surface area contributed by atoms with E-state index in [0.29, 0.717) is 13.0 Å². The molecule has 0 radical (unpaired) electrons. The molecule has 1 aromatic rings. The zero-order valence-corrected chi connectivity index (χ0v) is 10.8. The normalized spacial score (nSPS) is 20.4. The number of hydrogen-bond acceptors (Lipinski definition) is 3. The van der Waals surface area contributed by atoms with Gasteiger partial charge >= 0.3 is 0 Å². The molecule has 1 fully saturated rings.